The number of aromatic nitrogens is 1. The molecule has 2 N–H and O–H groups in total. The fourth-order valence-corrected chi connectivity index (χ4v) is 3.32. The van der Waals surface area contributed by atoms with Gasteiger partial charge in [0.05, 0.1) is 12.2 Å². The number of nitrogens with one attached hydrogen (secondary N) is 2. The van der Waals surface area contributed by atoms with Crippen molar-refractivity contribution in [3.63, 3.8) is 0 Å². The molecule has 0 saturated carbocycles. The second-order valence-electron chi connectivity index (χ2n) is 7.07. The summed E-state index contributed by atoms with van der Waals surface area (Å²) in [4.78, 5) is 6.82. The topological polar surface area (TPSA) is 65.7 Å². The number of hydrogen-bond acceptors (Lipinski definition) is 4. The number of likely N-dealkylation sites (tertiary alicyclic amines) is 1. The Hall–Kier alpha value is -2.34. The number of benzene rings is 1. The fourth-order valence-electron chi connectivity index (χ4n) is 3.32. The van der Waals surface area contributed by atoms with Crippen LogP contribution in [0.4, 0.5) is 0 Å². The first-order valence-corrected chi connectivity index (χ1v) is 9.96. The van der Waals surface area contributed by atoms with E-state index < -0.39 is 0 Å². The lowest BCUT2D eigenvalue weighted by Gasteiger charge is -2.26. The molecule has 1 aromatic heterocycles. The summed E-state index contributed by atoms with van der Waals surface area (Å²) in [6, 6.07) is 10.8. The highest BCUT2D eigenvalue weighted by Gasteiger charge is 2.10. The minimum atomic E-state index is 0.571. The highest BCUT2D eigenvalue weighted by atomic mass is 16.5. The number of aliphatic imine (C=N–C) groups is 1. The molecule has 0 bridgehead atoms. The van der Waals surface area contributed by atoms with Crippen molar-refractivity contribution >= 4 is 5.96 Å². The van der Waals surface area contributed by atoms with Gasteiger partial charge in [0.1, 0.15) is 0 Å². The molecule has 6 nitrogen and oxygen atoms in total. The molecule has 1 aliphatic heterocycles. The standard InChI is InChI=1S/C21H31N5O/c1-3-19-13-20(27-25-19)15-24-21(22-2)23-14-17-7-9-18(10-8-17)16-26-11-5-4-6-12-26/h7-10,13H,3-6,11-12,14-16H2,1-2H3,(H2,22,23,24). The van der Waals surface area contributed by atoms with E-state index >= 15 is 0 Å². The van der Waals surface area contributed by atoms with Crippen LogP contribution < -0.4 is 10.6 Å². The average molecular weight is 370 g/mol. The lowest BCUT2D eigenvalue weighted by atomic mass is 10.1. The SMILES string of the molecule is CCc1cc(CNC(=NC)NCc2ccc(CN3CCCCC3)cc2)on1. The molecular weight excluding hydrogens is 338 g/mol. The molecule has 1 aliphatic rings. The quantitative estimate of drug-likeness (QED) is 0.580. The predicted molar refractivity (Wildman–Crippen MR) is 108 cm³/mol. The first kappa shape index (κ1) is 19.4. The van der Waals surface area contributed by atoms with E-state index in [1.165, 1.54) is 43.5 Å². The molecule has 0 unspecified atom stereocenters. The molecule has 146 valence electrons. The largest absolute Gasteiger partial charge is 0.359 e. The molecule has 0 spiro atoms. The van der Waals surface area contributed by atoms with E-state index in [9.17, 15) is 0 Å². The van der Waals surface area contributed by atoms with E-state index in [0.29, 0.717) is 6.54 Å². The maximum atomic E-state index is 5.29. The van der Waals surface area contributed by atoms with Gasteiger partial charge in [-0.3, -0.25) is 9.89 Å². The predicted octanol–water partition coefficient (Wildman–Crippen LogP) is 3.09. The van der Waals surface area contributed by atoms with E-state index in [0.717, 1.165) is 36.9 Å². The van der Waals surface area contributed by atoms with Crippen molar-refractivity contribution in [1.29, 1.82) is 0 Å². The first-order valence-electron chi connectivity index (χ1n) is 9.96. The van der Waals surface area contributed by atoms with Crippen LogP contribution in [0.15, 0.2) is 39.8 Å². The highest BCUT2D eigenvalue weighted by molar-refractivity contribution is 5.79. The molecule has 0 atom stereocenters. The zero-order chi connectivity index (χ0) is 18.9. The van der Waals surface area contributed by atoms with Crippen LogP contribution >= 0.6 is 0 Å². The molecule has 6 heteroatoms. The third-order valence-electron chi connectivity index (χ3n) is 4.96. The Morgan fingerprint density at radius 2 is 1.78 bits per heavy atom. The van der Waals surface area contributed by atoms with Crippen LogP contribution in [0.3, 0.4) is 0 Å². The molecule has 2 heterocycles. The molecular formula is C21H31N5O. The summed E-state index contributed by atoms with van der Waals surface area (Å²) in [7, 11) is 1.77. The van der Waals surface area contributed by atoms with Gasteiger partial charge in [-0.05, 0) is 43.5 Å². The van der Waals surface area contributed by atoms with Crippen molar-refractivity contribution in [2.45, 2.75) is 52.2 Å². The van der Waals surface area contributed by atoms with Crippen LogP contribution in [-0.4, -0.2) is 36.2 Å². The molecule has 1 aromatic carbocycles. The van der Waals surface area contributed by atoms with Gasteiger partial charge in [0.15, 0.2) is 11.7 Å². The van der Waals surface area contributed by atoms with Crippen LogP contribution in [-0.2, 0) is 26.1 Å². The number of rotatable bonds is 7. The van der Waals surface area contributed by atoms with Gasteiger partial charge in [0.25, 0.3) is 0 Å². The molecule has 0 aliphatic carbocycles. The Morgan fingerprint density at radius 1 is 1.07 bits per heavy atom. The van der Waals surface area contributed by atoms with Crippen molar-refractivity contribution < 1.29 is 4.52 Å². The number of nitrogens with zero attached hydrogens (tertiary/aromatic N) is 3. The lowest BCUT2D eigenvalue weighted by Crippen LogP contribution is -2.36. The van der Waals surface area contributed by atoms with E-state index in [4.69, 9.17) is 4.52 Å². The Kier molecular flexibility index (Phi) is 7.27. The third-order valence-corrected chi connectivity index (χ3v) is 4.96. The Morgan fingerprint density at radius 3 is 2.44 bits per heavy atom. The van der Waals surface area contributed by atoms with Gasteiger partial charge in [0, 0.05) is 26.2 Å². The zero-order valence-corrected chi connectivity index (χ0v) is 16.5. The van der Waals surface area contributed by atoms with Crippen LogP contribution in [0, 0.1) is 0 Å². The number of hydrogen-bond donors (Lipinski definition) is 2. The Balaban J connectivity index is 1.43. The molecule has 3 rings (SSSR count). The van der Waals surface area contributed by atoms with Crippen molar-refractivity contribution in [2.24, 2.45) is 4.99 Å². The van der Waals surface area contributed by atoms with Crippen LogP contribution in [0.5, 0.6) is 0 Å². The number of aryl methyl sites for hydroxylation is 1. The van der Waals surface area contributed by atoms with Crippen molar-refractivity contribution in [1.82, 2.24) is 20.7 Å². The zero-order valence-electron chi connectivity index (χ0n) is 16.5. The van der Waals surface area contributed by atoms with Crippen LogP contribution in [0.25, 0.3) is 0 Å². The van der Waals surface area contributed by atoms with Gasteiger partial charge < -0.3 is 15.2 Å². The summed E-state index contributed by atoms with van der Waals surface area (Å²) < 4.78 is 5.29. The normalized spacial score (nSPS) is 15.7. The monoisotopic (exact) mass is 369 g/mol. The summed E-state index contributed by atoms with van der Waals surface area (Å²) >= 11 is 0. The summed E-state index contributed by atoms with van der Waals surface area (Å²) in [5, 5.41) is 10.6. The van der Waals surface area contributed by atoms with E-state index in [1.54, 1.807) is 7.05 Å². The van der Waals surface area contributed by atoms with Gasteiger partial charge in [-0.1, -0.05) is 42.8 Å². The van der Waals surface area contributed by atoms with Gasteiger partial charge in [-0.2, -0.15) is 0 Å². The summed E-state index contributed by atoms with van der Waals surface area (Å²) in [5.74, 6) is 1.57. The lowest BCUT2D eigenvalue weighted by molar-refractivity contribution is 0.221. The van der Waals surface area contributed by atoms with Gasteiger partial charge >= 0.3 is 0 Å². The second-order valence-corrected chi connectivity index (χ2v) is 7.07. The van der Waals surface area contributed by atoms with Crippen LogP contribution in [0.1, 0.15) is 48.8 Å². The van der Waals surface area contributed by atoms with Crippen molar-refractivity contribution in [3.8, 4) is 0 Å². The fraction of sp³-hybridized carbons (Fsp3) is 0.524. The third kappa shape index (κ3) is 6.10. The average Bonchev–Trinajstić information content (AvgIpc) is 3.18. The smallest absolute Gasteiger partial charge is 0.191 e. The number of guanidine groups is 1. The molecule has 2 aromatic rings. The Labute approximate surface area is 162 Å². The van der Waals surface area contributed by atoms with E-state index in [2.05, 4.69) is 56.9 Å². The molecule has 0 amide bonds. The molecule has 1 fully saturated rings. The van der Waals surface area contributed by atoms with Gasteiger partial charge in [0.2, 0.25) is 0 Å². The van der Waals surface area contributed by atoms with Crippen molar-refractivity contribution in [3.05, 3.63) is 52.9 Å². The molecule has 0 radical (unpaired) electrons. The maximum absolute atomic E-state index is 5.29. The van der Waals surface area contributed by atoms with E-state index in [-0.39, 0.29) is 0 Å². The first-order chi connectivity index (χ1) is 13.3. The summed E-state index contributed by atoms with van der Waals surface area (Å²) in [6.07, 6.45) is 4.93. The minimum Gasteiger partial charge on any atom is -0.359 e. The summed E-state index contributed by atoms with van der Waals surface area (Å²) in [5.41, 5.74) is 3.60. The van der Waals surface area contributed by atoms with Crippen LogP contribution in [0.2, 0.25) is 0 Å². The second kappa shape index (κ2) is 10.1. The van der Waals surface area contributed by atoms with Crippen molar-refractivity contribution in [2.75, 3.05) is 20.1 Å². The van der Waals surface area contributed by atoms with E-state index in [1.807, 2.05) is 6.07 Å². The van der Waals surface area contributed by atoms with Gasteiger partial charge in [-0.25, -0.2) is 0 Å². The number of piperidine rings is 1. The highest BCUT2D eigenvalue weighted by Crippen LogP contribution is 2.13. The minimum absolute atomic E-state index is 0.571. The maximum Gasteiger partial charge on any atom is 0.191 e. The van der Waals surface area contributed by atoms with Gasteiger partial charge in [-0.15, -0.1) is 0 Å². The summed E-state index contributed by atoms with van der Waals surface area (Å²) in [6.45, 7) is 6.90. The molecule has 27 heavy (non-hydrogen) atoms. The Bertz CT molecular complexity index is 716. The molecule has 1 saturated heterocycles.